The van der Waals surface area contributed by atoms with Crippen molar-refractivity contribution in [1.29, 1.82) is 0 Å². The molecule has 2 heterocycles. The molecule has 2 atom stereocenters. The third-order valence-corrected chi connectivity index (χ3v) is 9.56. The Morgan fingerprint density at radius 2 is 0.878 bits per heavy atom. The van der Waals surface area contributed by atoms with Crippen LogP contribution in [0.2, 0.25) is 0 Å². The van der Waals surface area contributed by atoms with Crippen LogP contribution in [0.25, 0.3) is 34.4 Å². The Bertz CT molecular complexity index is 1950. The number of benzene rings is 4. The Kier molecular flexibility index (Phi) is 10.4. The van der Waals surface area contributed by atoms with Crippen LogP contribution in [0.3, 0.4) is 0 Å². The van der Waals surface area contributed by atoms with Crippen LogP contribution in [-0.4, -0.2) is 0 Å². The van der Waals surface area contributed by atoms with Crippen molar-refractivity contribution in [2.45, 2.75) is 65.2 Å². The van der Waals surface area contributed by atoms with Gasteiger partial charge in [0.2, 0.25) is 0 Å². The molecule has 6 aromatic rings. The first-order valence-electron chi connectivity index (χ1n) is 17.0. The SMILES string of the molecule is Cc1ccc(C2[C-]=Cc3c(-c4ccc(C(C)C)cc4)cccc32)o1.Cc1ccc(C2[C-]=Cc3c(-c4ccc(C(C)C)cc4)cccc32)o1.[Zr+2]. The van der Waals surface area contributed by atoms with E-state index in [1.165, 1.54) is 55.6 Å². The minimum atomic E-state index is 0. The summed E-state index contributed by atoms with van der Waals surface area (Å²) in [5.41, 5.74) is 12.8. The van der Waals surface area contributed by atoms with Gasteiger partial charge >= 0.3 is 26.2 Å². The fraction of sp³-hybridized carbons (Fsp3) is 0.217. The summed E-state index contributed by atoms with van der Waals surface area (Å²) in [7, 11) is 0. The van der Waals surface area contributed by atoms with Crippen molar-refractivity contribution in [1.82, 2.24) is 0 Å². The maximum Gasteiger partial charge on any atom is 2.00 e. The number of aryl methyl sites for hydroxylation is 2. The van der Waals surface area contributed by atoms with Crippen molar-refractivity contribution in [3.63, 3.8) is 0 Å². The molecule has 0 saturated heterocycles. The van der Waals surface area contributed by atoms with Gasteiger partial charge in [0.15, 0.2) is 0 Å². The molecule has 0 fully saturated rings. The predicted molar refractivity (Wildman–Crippen MR) is 198 cm³/mol. The Labute approximate surface area is 310 Å². The first kappa shape index (κ1) is 34.7. The standard InChI is InChI=1S/2C23H21O.Zr/c2*1-15(2)17-8-10-18(11-9-17)19-5-4-6-20-21(19)12-13-22(20)23-14-7-16(3)24-23;/h2*4-12,14-15,22H,1-3H3;/q2*-1;+2. The van der Waals surface area contributed by atoms with Gasteiger partial charge in [0.05, 0.1) is 11.5 Å². The molecule has 2 aliphatic rings. The van der Waals surface area contributed by atoms with Crippen LogP contribution < -0.4 is 0 Å². The molecular weight excluding hydrogens is 676 g/mol. The summed E-state index contributed by atoms with van der Waals surface area (Å²) >= 11 is 0. The van der Waals surface area contributed by atoms with Crippen molar-refractivity contribution in [3.05, 3.63) is 178 Å². The van der Waals surface area contributed by atoms with E-state index in [0.717, 1.165) is 23.0 Å². The first-order valence-corrected chi connectivity index (χ1v) is 17.0. The van der Waals surface area contributed by atoms with Crippen LogP contribution in [0.4, 0.5) is 0 Å². The molecule has 2 nitrogen and oxygen atoms in total. The third-order valence-electron chi connectivity index (χ3n) is 9.56. The molecule has 242 valence electrons. The van der Waals surface area contributed by atoms with Crippen molar-refractivity contribution in [2.75, 3.05) is 0 Å². The van der Waals surface area contributed by atoms with Gasteiger partial charge in [-0.25, -0.2) is 12.2 Å². The molecule has 0 aliphatic heterocycles. The summed E-state index contributed by atoms with van der Waals surface area (Å²) in [6, 6.07) is 39.0. The molecular formula is C46H42O2Zr. The van der Waals surface area contributed by atoms with Gasteiger partial charge in [0.25, 0.3) is 0 Å². The van der Waals surface area contributed by atoms with E-state index in [0.29, 0.717) is 11.8 Å². The molecule has 2 unspecified atom stereocenters. The molecule has 3 heteroatoms. The molecule has 0 radical (unpaired) electrons. The van der Waals surface area contributed by atoms with Gasteiger partial charge in [-0.05, 0) is 84.0 Å². The van der Waals surface area contributed by atoms with Gasteiger partial charge in [-0.1, -0.05) is 124 Å². The largest absolute Gasteiger partial charge is 2.00 e. The summed E-state index contributed by atoms with van der Waals surface area (Å²) < 4.78 is 11.7. The van der Waals surface area contributed by atoms with Crippen LogP contribution in [0.5, 0.6) is 0 Å². The van der Waals surface area contributed by atoms with Crippen molar-refractivity contribution < 1.29 is 35.0 Å². The summed E-state index contributed by atoms with van der Waals surface area (Å²) in [5.74, 6) is 5.14. The maximum absolute atomic E-state index is 5.83. The molecule has 0 bridgehead atoms. The van der Waals surface area contributed by atoms with E-state index in [1.807, 2.05) is 26.0 Å². The summed E-state index contributed by atoms with van der Waals surface area (Å²) in [5, 5.41) is 0. The Morgan fingerprint density at radius 1 is 0.490 bits per heavy atom. The third kappa shape index (κ3) is 7.10. The van der Waals surface area contributed by atoms with E-state index >= 15 is 0 Å². The molecule has 0 amide bonds. The van der Waals surface area contributed by atoms with Crippen molar-refractivity contribution in [2.24, 2.45) is 0 Å². The number of rotatable bonds is 6. The second-order valence-electron chi connectivity index (χ2n) is 13.6. The number of hydrogen-bond donors (Lipinski definition) is 0. The zero-order valence-corrected chi connectivity index (χ0v) is 31.6. The van der Waals surface area contributed by atoms with E-state index in [1.54, 1.807) is 0 Å². The molecule has 49 heavy (non-hydrogen) atoms. The van der Waals surface area contributed by atoms with E-state index in [2.05, 4.69) is 149 Å². The smallest absolute Gasteiger partial charge is 0.467 e. The molecule has 8 rings (SSSR count). The zero-order chi connectivity index (χ0) is 33.4. The minimum absolute atomic E-state index is 0. The zero-order valence-electron chi connectivity index (χ0n) is 29.2. The second kappa shape index (κ2) is 14.7. The second-order valence-corrected chi connectivity index (χ2v) is 13.6. The van der Waals surface area contributed by atoms with Crippen LogP contribution in [0, 0.1) is 26.0 Å². The molecule has 0 spiro atoms. The average molecular weight is 718 g/mol. The first-order chi connectivity index (χ1) is 23.3. The number of fused-ring (bicyclic) bond motifs is 2. The Morgan fingerprint density at radius 3 is 1.20 bits per heavy atom. The Balaban J connectivity index is 0.000000167. The van der Waals surface area contributed by atoms with E-state index in [-0.39, 0.29) is 38.0 Å². The van der Waals surface area contributed by atoms with Crippen LogP contribution in [0.15, 0.2) is 118 Å². The molecule has 0 N–H and O–H groups in total. The van der Waals surface area contributed by atoms with Crippen LogP contribution in [-0.2, 0) is 26.2 Å². The van der Waals surface area contributed by atoms with Gasteiger partial charge in [0.1, 0.15) is 11.5 Å². The number of furan rings is 2. The minimum Gasteiger partial charge on any atom is -0.467 e. The monoisotopic (exact) mass is 716 g/mol. The normalized spacial score (nSPS) is 15.6. The van der Waals surface area contributed by atoms with Gasteiger partial charge in [-0.2, -0.15) is 11.1 Å². The summed E-state index contributed by atoms with van der Waals surface area (Å²) in [4.78, 5) is 0. The van der Waals surface area contributed by atoms with E-state index in [9.17, 15) is 0 Å². The predicted octanol–water partition coefficient (Wildman–Crippen LogP) is 12.7. The molecule has 4 aromatic carbocycles. The summed E-state index contributed by atoms with van der Waals surface area (Å²) in [6.07, 6.45) is 11.2. The van der Waals surface area contributed by atoms with Gasteiger partial charge in [-0.15, -0.1) is 11.1 Å². The average Bonchev–Trinajstić information content (AvgIpc) is 3.91. The summed E-state index contributed by atoms with van der Waals surface area (Å²) in [6.45, 7) is 12.9. The molecule has 0 saturated carbocycles. The van der Waals surface area contributed by atoms with Gasteiger partial charge < -0.3 is 8.83 Å². The topological polar surface area (TPSA) is 26.3 Å². The van der Waals surface area contributed by atoms with Gasteiger partial charge in [0, 0.05) is 0 Å². The van der Waals surface area contributed by atoms with Crippen molar-refractivity contribution in [3.8, 4) is 22.3 Å². The fourth-order valence-corrected chi connectivity index (χ4v) is 6.79. The van der Waals surface area contributed by atoms with E-state index in [4.69, 9.17) is 8.83 Å². The van der Waals surface area contributed by atoms with Crippen molar-refractivity contribution >= 4 is 12.2 Å². The molecule has 2 aliphatic carbocycles. The number of allylic oxidation sites excluding steroid dienone is 2. The number of hydrogen-bond acceptors (Lipinski definition) is 2. The van der Waals surface area contributed by atoms with Crippen LogP contribution in [0.1, 0.15) is 108 Å². The molecule has 2 aromatic heterocycles. The maximum atomic E-state index is 5.83. The quantitative estimate of drug-likeness (QED) is 0.160. The fourth-order valence-electron chi connectivity index (χ4n) is 6.79. The Hall–Kier alpha value is -4.20. The van der Waals surface area contributed by atoms with E-state index < -0.39 is 0 Å². The van der Waals surface area contributed by atoms with Crippen LogP contribution >= 0.6 is 0 Å². The van der Waals surface area contributed by atoms with Gasteiger partial charge in [-0.3, -0.25) is 12.2 Å².